The zero-order valence-electron chi connectivity index (χ0n) is 25.5. The number of hydrogen-bond acceptors (Lipinski definition) is 10. The summed E-state index contributed by atoms with van der Waals surface area (Å²) in [7, 11) is 6.10. The van der Waals surface area contributed by atoms with E-state index in [1.54, 1.807) is 38.4 Å². The Bertz CT molecular complexity index is 1450. The summed E-state index contributed by atoms with van der Waals surface area (Å²) in [5, 5.41) is 20.2. The van der Waals surface area contributed by atoms with E-state index in [-0.39, 0.29) is 73.9 Å². The second-order valence-corrected chi connectivity index (χ2v) is 11.6. The van der Waals surface area contributed by atoms with Crippen molar-refractivity contribution < 1.29 is 48.3 Å². The molecule has 0 saturated carbocycles. The Hall–Kier alpha value is -4.56. The number of nitrogens with zero attached hydrogens (tertiary/aromatic N) is 4. The normalized spacial score (nSPS) is 24.1. The minimum atomic E-state index is -0.756. The smallest absolute Gasteiger partial charge is 0.256 e. The third kappa shape index (κ3) is 5.17. The predicted octanol–water partition coefficient (Wildman–Crippen LogP) is 0.655. The summed E-state index contributed by atoms with van der Waals surface area (Å²) in [5.41, 5.74) is 1.34. The molecular formula is C31H36N4O10. The molecule has 0 spiro atoms. The van der Waals surface area contributed by atoms with Crippen LogP contribution in [0, 0.1) is 0 Å². The minimum Gasteiger partial charge on any atom is -0.493 e. The Morgan fingerprint density at radius 1 is 0.667 bits per heavy atom. The summed E-state index contributed by atoms with van der Waals surface area (Å²) in [6.45, 7) is 0.573. The summed E-state index contributed by atoms with van der Waals surface area (Å²) < 4.78 is 23.0. The molecule has 2 fully saturated rings. The van der Waals surface area contributed by atoms with E-state index in [1.807, 2.05) is 0 Å². The first kappa shape index (κ1) is 30.5. The number of methoxy groups -OCH3 is 2. The van der Waals surface area contributed by atoms with Gasteiger partial charge in [0, 0.05) is 58.6 Å². The van der Waals surface area contributed by atoms with E-state index in [9.17, 15) is 29.4 Å². The number of anilines is 2. The largest absolute Gasteiger partial charge is 0.493 e. The number of rotatable bonds is 8. The van der Waals surface area contributed by atoms with Gasteiger partial charge in [0.2, 0.25) is 11.8 Å². The van der Waals surface area contributed by atoms with Crippen molar-refractivity contribution in [1.82, 2.24) is 9.80 Å². The van der Waals surface area contributed by atoms with Gasteiger partial charge < -0.3 is 48.8 Å². The van der Waals surface area contributed by atoms with Crippen molar-refractivity contribution in [3.8, 4) is 23.0 Å². The van der Waals surface area contributed by atoms with Gasteiger partial charge in [-0.2, -0.15) is 0 Å². The third-order valence-electron chi connectivity index (χ3n) is 8.86. The van der Waals surface area contributed by atoms with E-state index < -0.39 is 24.3 Å². The van der Waals surface area contributed by atoms with Gasteiger partial charge in [0.1, 0.15) is 12.1 Å². The number of aliphatic hydroxyl groups is 2. The topological polar surface area (TPSA) is 159 Å². The van der Waals surface area contributed by atoms with Gasteiger partial charge in [-0.25, -0.2) is 0 Å². The molecule has 14 heteroatoms. The maximum Gasteiger partial charge on any atom is 0.256 e. The van der Waals surface area contributed by atoms with Crippen LogP contribution in [-0.4, -0.2) is 123 Å². The molecule has 0 aliphatic carbocycles. The molecule has 0 aromatic heterocycles. The molecule has 4 atom stereocenters. The Morgan fingerprint density at radius 3 is 1.44 bits per heavy atom. The van der Waals surface area contributed by atoms with Crippen molar-refractivity contribution in [1.29, 1.82) is 0 Å². The molecule has 2 aromatic carbocycles. The summed E-state index contributed by atoms with van der Waals surface area (Å²) in [5.74, 6) is 0.0402. The molecular weight excluding hydrogens is 588 g/mol. The van der Waals surface area contributed by atoms with Gasteiger partial charge in [-0.3, -0.25) is 19.2 Å². The van der Waals surface area contributed by atoms with Crippen LogP contribution in [0.4, 0.5) is 11.4 Å². The number of carbonyl (C=O) groups is 4. The van der Waals surface area contributed by atoms with Crippen LogP contribution < -0.4 is 28.7 Å². The van der Waals surface area contributed by atoms with E-state index in [1.165, 1.54) is 33.8 Å². The fraction of sp³-hybridized carbons (Fsp3) is 0.484. The lowest BCUT2D eigenvalue weighted by atomic mass is 10.1. The number of amides is 4. The number of benzene rings is 2. The molecule has 4 unspecified atom stereocenters. The maximum atomic E-state index is 13.3. The van der Waals surface area contributed by atoms with Crippen molar-refractivity contribution in [3.63, 3.8) is 0 Å². The Balaban J connectivity index is 1.15. The van der Waals surface area contributed by atoms with Crippen LogP contribution in [0.1, 0.15) is 40.0 Å². The van der Waals surface area contributed by atoms with E-state index >= 15 is 0 Å². The number of fused-ring (bicyclic) bond motifs is 4. The van der Waals surface area contributed by atoms with Crippen LogP contribution in [-0.2, 0) is 9.59 Å². The van der Waals surface area contributed by atoms with Crippen molar-refractivity contribution >= 4 is 35.0 Å². The van der Waals surface area contributed by atoms with Crippen LogP contribution in [0.25, 0.3) is 0 Å². The maximum absolute atomic E-state index is 13.3. The van der Waals surface area contributed by atoms with Gasteiger partial charge >= 0.3 is 0 Å². The molecule has 2 saturated heterocycles. The van der Waals surface area contributed by atoms with Crippen LogP contribution in [0.5, 0.6) is 23.0 Å². The van der Waals surface area contributed by atoms with Crippen molar-refractivity contribution in [2.24, 2.45) is 0 Å². The van der Waals surface area contributed by atoms with Crippen molar-refractivity contribution in [3.05, 3.63) is 35.4 Å². The molecule has 2 N–H and O–H groups in total. The molecule has 0 radical (unpaired) electrons. The number of carbonyl (C=O) groups excluding carboxylic acids is 4. The molecule has 2 aromatic rings. The second kappa shape index (κ2) is 11.7. The molecule has 4 amide bonds. The minimum absolute atomic E-state index is 0.0874. The lowest BCUT2D eigenvalue weighted by Crippen LogP contribution is -2.43. The van der Waals surface area contributed by atoms with Crippen LogP contribution in [0.15, 0.2) is 24.3 Å². The van der Waals surface area contributed by atoms with E-state index in [4.69, 9.17) is 18.9 Å². The molecule has 4 aliphatic rings. The molecule has 4 aliphatic heterocycles. The fourth-order valence-corrected chi connectivity index (χ4v) is 6.50. The number of ether oxygens (including phenoxy) is 4. The first-order valence-electron chi connectivity index (χ1n) is 14.8. The zero-order valence-corrected chi connectivity index (χ0v) is 25.5. The molecule has 4 heterocycles. The first-order chi connectivity index (χ1) is 21.5. The molecule has 45 heavy (non-hydrogen) atoms. The van der Waals surface area contributed by atoms with Gasteiger partial charge in [-0.05, 0) is 12.1 Å². The van der Waals surface area contributed by atoms with Crippen LogP contribution >= 0.6 is 0 Å². The SMILES string of the molecule is COc1cc2c(cc1OCCCOc1cc3c(cc1OC)C(=O)N1CC(O)CC1C(=O)N3C)N(C)C(=O)C1CC(O)CN1C2=O. The molecule has 6 rings (SSSR count). The van der Waals surface area contributed by atoms with Gasteiger partial charge in [0.15, 0.2) is 23.0 Å². The van der Waals surface area contributed by atoms with E-state index in [0.29, 0.717) is 40.8 Å². The average molecular weight is 625 g/mol. The zero-order chi connectivity index (χ0) is 32.2. The number of hydrogen-bond donors (Lipinski definition) is 2. The summed E-state index contributed by atoms with van der Waals surface area (Å²) >= 11 is 0. The second-order valence-electron chi connectivity index (χ2n) is 11.6. The highest BCUT2D eigenvalue weighted by Gasteiger charge is 2.46. The van der Waals surface area contributed by atoms with Gasteiger partial charge in [0.25, 0.3) is 11.8 Å². The van der Waals surface area contributed by atoms with Crippen molar-refractivity contribution in [2.75, 3.05) is 64.4 Å². The average Bonchev–Trinajstić information content (AvgIpc) is 3.60. The molecule has 14 nitrogen and oxygen atoms in total. The molecule has 0 bridgehead atoms. The monoisotopic (exact) mass is 624 g/mol. The highest BCUT2D eigenvalue weighted by atomic mass is 16.5. The first-order valence-corrected chi connectivity index (χ1v) is 14.8. The summed E-state index contributed by atoms with van der Waals surface area (Å²) in [6.07, 6.45) is -0.721. The Labute approximate surface area is 259 Å². The summed E-state index contributed by atoms with van der Waals surface area (Å²) in [6, 6.07) is 4.84. The molecule has 240 valence electrons. The highest BCUT2D eigenvalue weighted by Crippen LogP contribution is 2.41. The van der Waals surface area contributed by atoms with Crippen LogP contribution in [0.3, 0.4) is 0 Å². The quantitative estimate of drug-likeness (QED) is 0.400. The van der Waals surface area contributed by atoms with Gasteiger partial charge in [0.05, 0.1) is 62.1 Å². The third-order valence-corrected chi connectivity index (χ3v) is 8.86. The van der Waals surface area contributed by atoms with Gasteiger partial charge in [-0.15, -0.1) is 0 Å². The number of aliphatic hydroxyl groups excluding tert-OH is 2. The predicted molar refractivity (Wildman–Crippen MR) is 159 cm³/mol. The van der Waals surface area contributed by atoms with Crippen molar-refractivity contribution in [2.45, 2.75) is 43.6 Å². The Kier molecular flexibility index (Phi) is 7.95. The van der Waals surface area contributed by atoms with Crippen LogP contribution in [0.2, 0.25) is 0 Å². The fourth-order valence-electron chi connectivity index (χ4n) is 6.50. The number of likely N-dealkylation sites (N-methyl/N-ethyl adjacent to an activating group) is 2. The lowest BCUT2D eigenvalue weighted by molar-refractivity contribution is -0.122. The van der Waals surface area contributed by atoms with E-state index in [0.717, 1.165) is 0 Å². The Morgan fingerprint density at radius 2 is 1.07 bits per heavy atom. The lowest BCUT2D eigenvalue weighted by Gasteiger charge is -2.22. The highest BCUT2D eigenvalue weighted by molar-refractivity contribution is 6.12. The summed E-state index contributed by atoms with van der Waals surface area (Å²) in [4.78, 5) is 58.5. The van der Waals surface area contributed by atoms with Gasteiger partial charge in [-0.1, -0.05) is 0 Å². The standard InChI is InChI=1S/C31H36N4O10/c1-32-20-12-26(24(42-3)10-18(20)28(38)34-14-16(36)8-22(34)30(32)40)44-6-5-7-45-27-13-21-19(11-25(27)43-4)29(39)35-15-17(37)9-23(35)31(41)33(21)2/h10-13,16-17,22-23,36-37H,5-9,14-15H2,1-4H3. The van der Waals surface area contributed by atoms with E-state index in [2.05, 4.69) is 0 Å².